The maximum atomic E-state index is 13.5. The summed E-state index contributed by atoms with van der Waals surface area (Å²) < 4.78 is 5.29. The number of aryl methyl sites for hydroxylation is 1. The molecule has 0 saturated heterocycles. The summed E-state index contributed by atoms with van der Waals surface area (Å²) in [6.07, 6.45) is 5.15. The first-order chi connectivity index (χ1) is 22.7. The third-order valence-electron chi connectivity index (χ3n) is 7.18. The Bertz CT molecular complexity index is 1820. The quantitative estimate of drug-likeness (QED) is 0.0822. The topological polar surface area (TPSA) is 114 Å². The van der Waals surface area contributed by atoms with Gasteiger partial charge in [-0.3, -0.25) is 14.4 Å². The zero-order chi connectivity index (χ0) is 33.3. The molecule has 0 saturated carbocycles. The average molecular weight is 709 g/mol. The number of hydrogen-bond acceptors (Lipinski definition) is 7. The number of anilines is 2. The van der Waals surface area contributed by atoms with Crippen molar-refractivity contribution in [3.05, 3.63) is 116 Å². The second-order valence-corrected chi connectivity index (χ2v) is 13.4. The number of benzene rings is 3. The normalized spacial score (nSPS) is 12.5. The van der Waals surface area contributed by atoms with E-state index in [9.17, 15) is 19.2 Å². The highest BCUT2D eigenvalue weighted by Gasteiger charge is 2.27. The van der Waals surface area contributed by atoms with E-state index >= 15 is 0 Å². The molecule has 0 unspecified atom stereocenters. The number of fused-ring (bicyclic) bond motifs is 1. The molecule has 5 rings (SSSR count). The van der Waals surface area contributed by atoms with E-state index in [1.165, 1.54) is 29.2 Å². The Morgan fingerprint density at radius 1 is 0.915 bits per heavy atom. The van der Waals surface area contributed by atoms with Crippen LogP contribution in [0.2, 0.25) is 10.0 Å². The van der Waals surface area contributed by atoms with Crippen molar-refractivity contribution in [3.8, 4) is 0 Å². The number of ether oxygens (including phenoxy) is 1. The van der Waals surface area contributed by atoms with Gasteiger partial charge in [0.05, 0.1) is 17.9 Å². The number of esters is 1. The molecule has 4 aromatic rings. The second-order valence-electron chi connectivity index (χ2n) is 10.5. The van der Waals surface area contributed by atoms with Crippen molar-refractivity contribution < 1.29 is 23.9 Å². The highest BCUT2D eigenvalue weighted by molar-refractivity contribution is 8.00. The summed E-state index contributed by atoms with van der Waals surface area (Å²) in [5.74, 6) is -1.69. The largest absolute Gasteiger partial charge is 0.462 e. The van der Waals surface area contributed by atoms with Gasteiger partial charge in [-0.1, -0.05) is 53.5 Å². The van der Waals surface area contributed by atoms with Crippen LogP contribution in [0.1, 0.15) is 56.5 Å². The second kappa shape index (κ2) is 16.1. The summed E-state index contributed by atoms with van der Waals surface area (Å²) in [7, 11) is 0. The lowest BCUT2D eigenvalue weighted by Gasteiger charge is -2.13. The lowest BCUT2D eigenvalue weighted by molar-refractivity contribution is -0.114. The van der Waals surface area contributed by atoms with Crippen LogP contribution < -0.4 is 16.0 Å². The molecule has 1 heterocycles. The Balaban J connectivity index is 1.28. The van der Waals surface area contributed by atoms with E-state index in [0.29, 0.717) is 37.4 Å². The number of carbonyl (C=O) groups is 4. The maximum absolute atomic E-state index is 13.5. The summed E-state index contributed by atoms with van der Waals surface area (Å²) in [5.41, 5.74) is 2.57. The first-order valence-electron chi connectivity index (χ1n) is 14.9. The first-order valence-corrected chi connectivity index (χ1v) is 17.5. The van der Waals surface area contributed by atoms with Gasteiger partial charge in [0.15, 0.2) is 0 Å². The zero-order valence-electron chi connectivity index (χ0n) is 25.4. The van der Waals surface area contributed by atoms with Gasteiger partial charge in [-0.15, -0.1) is 23.1 Å². The van der Waals surface area contributed by atoms with Crippen LogP contribution in [0.15, 0.2) is 83.4 Å². The lowest BCUT2D eigenvalue weighted by atomic mass is 9.95. The molecule has 0 radical (unpaired) electrons. The third-order valence-corrected chi connectivity index (χ3v) is 10.0. The Labute approximate surface area is 290 Å². The fourth-order valence-corrected chi connectivity index (χ4v) is 7.54. The van der Waals surface area contributed by atoms with Crippen molar-refractivity contribution in [2.45, 2.75) is 37.5 Å². The van der Waals surface area contributed by atoms with E-state index in [2.05, 4.69) is 16.0 Å². The number of carbonyl (C=O) groups excluding carboxylic acids is 4. The Kier molecular flexibility index (Phi) is 11.8. The van der Waals surface area contributed by atoms with Crippen molar-refractivity contribution in [1.82, 2.24) is 5.32 Å². The van der Waals surface area contributed by atoms with E-state index in [0.717, 1.165) is 41.0 Å². The molecule has 0 fully saturated rings. The summed E-state index contributed by atoms with van der Waals surface area (Å²) in [6, 6.07) is 20.4. The number of hydrogen-bond donors (Lipinski definition) is 3. The molecule has 47 heavy (non-hydrogen) atoms. The van der Waals surface area contributed by atoms with Crippen LogP contribution in [0, 0.1) is 0 Å². The third kappa shape index (κ3) is 8.84. The first kappa shape index (κ1) is 34.3. The van der Waals surface area contributed by atoms with Crippen molar-refractivity contribution in [2.24, 2.45) is 0 Å². The van der Waals surface area contributed by atoms with Crippen molar-refractivity contribution in [2.75, 3.05) is 23.0 Å². The van der Waals surface area contributed by atoms with Crippen LogP contribution in [0.3, 0.4) is 0 Å². The highest BCUT2D eigenvalue weighted by atomic mass is 35.5. The molecule has 0 spiro atoms. The van der Waals surface area contributed by atoms with Gasteiger partial charge >= 0.3 is 5.97 Å². The van der Waals surface area contributed by atoms with Gasteiger partial charge < -0.3 is 20.7 Å². The van der Waals surface area contributed by atoms with Crippen LogP contribution >= 0.6 is 46.3 Å². The van der Waals surface area contributed by atoms with Gasteiger partial charge in [0.25, 0.3) is 11.8 Å². The van der Waals surface area contributed by atoms with Gasteiger partial charge in [-0.2, -0.15) is 0 Å². The van der Waals surface area contributed by atoms with Crippen molar-refractivity contribution >= 4 is 86.8 Å². The molecule has 1 aliphatic carbocycles. The highest BCUT2D eigenvalue weighted by Crippen LogP contribution is 2.39. The van der Waals surface area contributed by atoms with Crippen LogP contribution in [-0.2, 0) is 27.2 Å². The molecular formula is C35H31Cl2N3O5S2. The number of nitrogens with one attached hydrogen (secondary N) is 3. The molecular weight excluding hydrogens is 677 g/mol. The van der Waals surface area contributed by atoms with Crippen LogP contribution in [-0.4, -0.2) is 36.1 Å². The number of thioether (sulfide) groups is 1. The Morgan fingerprint density at radius 2 is 1.64 bits per heavy atom. The van der Waals surface area contributed by atoms with E-state index in [1.807, 2.05) is 6.07 Å². The smallest absolute Gasteiger partial charge is 0.341 e. The summed E-state index contributed by atoms with van der Waals surface area (Å²) in [6.45, 7) is 2.01. The zero-order valence-corrected chi connectivity index (χ0v) is 28.5. The number of halogens is 2. The minimum Gasteiger partial charge on any atom is -0.462 e. The van der Waals surface area contributed by atoms with Gasteiger partial charge in [0.2, 0.25) is 5.91 Å². The maximum Gasteiger partial charge on any atom is 0.341 e. The molecule has 8 nitrogen and oxygen atoms in total. The fraction of sp³-hybridized carbons (Fsp3) is 0.200. The van der Waals surface area contributed by atoms with Crippen molar-refractivity contribution in [1.29, 1.82) is 0 Å². The summed E-state index contributed by atoms with van der Waals surface area (Å²) in [5, 5.41) is 9.56. The predicted octanol–water partition coefficient (Wildman–Crippen LogP) is 8.25. The number of amides is 3. The Hall–Kier alpha value is -4.09. The van der Waals surface area contributed by atoms with Gasteiger partial charge in [-0.25, -0.2) is 4.79 Å². The van der Waals surface area contributed by atoms with Crippen molar-refractivity contribution in [3.63, 3.8) is 0 Å². The van der Waals surface area contributed by atoms with Gasteiger partial charge in [-0.05, 0) is 86.7 Å². The van der Waals surface area contributed by atoms with Crippen LogP contribution in [0.5, 0.6) is 0 Å². The van der Waals surface area contributed by atoms with Gasteiger partial charge in [0.1, 0.15) is 10.7 Å². The van der Waals surface area contributed by atoms with Crippen LogP contribution in [0.25, 0.3) is 6.08 Å². The summed E-state index contributed by atoms with van der Waals surface area (Å²) in [4.78, 5) is 54.1. The molecule has 242 valence electrons. The molecule has 0 aliphatic heterocycles. The Morgan fingerprint density at radius 3 is 2.38 bits per heavy atom. The SMILES string of the molecule is CCOC(=O)c1c(NC(=O)CSc2cccc(NC(=O)/C(=C\c3c(Cl)cccc3Cl)NC(=O)c3ccccc3)c2)sc2c1CCCC2. The average Bonchev–Trinajstić information content (AvgIpc) is 3.43. The van der Waals surface area contributed by atoms with E-state index in [-0.39, 0.29) is 24.0 Å². The minimum atomic E-state index is -0.599. The monoisotopic (exact) mass is 707 g/mol. The summed E-state index contributed by atoms with van der Waals surface area (Å²) >= 11 is 15.4. The molecule has 3 aromatic carbocycles. The van der Waals surface area contributed by atoms with Gasteiger partial charge in [0, 0.05) is 36.6 Å². The molecule has 1 aliphatic rings. The van der Waals surface area contributed by atoms with Crippen LogP contribution in [0.4, 0.5) is 10.7 Å². The molecule has 3 amide bonds. The molecule has 0 atom stereocenters. The molecule has 0 bridgehead atoms. The van der Waals surface area contributed by atoms with E-state index in [4.69, 9.17) is 27.9 Å². The number of rotatable bonds is 11. The lowest BCUT2D eigenvalue weighted by Crippen LogP contribution is -2.30. The number of thiophene rings is 1. The minimum absolute atomic E-state index is 0.0673. The molecule has 12 heteroatoms. The van der Waals surface area contributed by atoms with E-state index in [1.54, 1.807) is 73.7 Å². The predicted molar refractivity (Wildman–Crippen MR) is 190 cm³/mol. The molecule has 1 aromatic heterocycles. The fourth-order valence-electron chi connectivity index (χ4n) is 4.98. The van der Waals surface area contributed by atoms with E-state index < -0.39 is 17.8 Å². The molecule has 3 N–H and O–H groups in total. The standard InChI is InChI=1S/C35H31Cl2N3O5S2/c1-2-45-35(44)31-24-14-6-7-17-29(24)47-34(31)40-30(41)20-46-23-13-8-12-22(18-23)38-33(43)28(19-25-26(36)15-9-16-27(25)37)39-32(42)21-10-4-3-5-11-21/h3-5,8-13,15-16,18-19H,2,6-7,14,17,20H2,1H3,(H,38,43)(H,39,42)(H,40,41)/b28-19+.